The number of carboxylic acid groups (broad SMARTS) is 1. The van der Waals surface area contributed by atoms with E-state index in [4.69, 9.17) is 9.63 Å². The fraction of sp³-hybridized carbons (Fsp3) is 0.167. The molecule has 0 bridgehead atoms. The molecule has 1 heterocycles. The van der Waals surface area contributed by atoms with E-state index in [2.05, 4.69) is 10.5 Å². The van der Waals surface area contributed by atoms with Crippen molar-refractivity contribution in [3.8, 4) is 0 Å². The smallest absolute Gasteiger partial charge is 0.335 e. The van der Waals surface area contributed by atoms with Crippen LogP contribution < -0.4 is 5.32 Å². The summed E-state index contributed by atoms with van der Waals surface area (Å²) in [5.74, 6) is -1.33. The van der Waals surface area contributed by atoms with E-state index in [1.807, 2.05) is 26.0 Å². The van der Waals surface area contributed by atoms with E-state index in [9.17, 15) is 9.59 Å². The number of aromatic carboxylic acids is 1. The van der Waals surface area contributed by atoms with Crippen LogP contribution in [0.4, 0.5) is 5.69 Å². The summed E-state index contributed by atoms with van der Waals surface area (Å²) < 4.78 is 5.33. The molecule has 2 N–H and O–H groups in total. The number of carbonyl (C=O) groups is 2. The molecule has 0 radical (unpaired) electrons. The largest absolute Gasteiger partial charge is 0.478 e. The summed E-state index contributed by atoms with van der Waals surface area (Å²) in [5, 5.41) is 16.5. The maximum Gasteiger partial charge on any atom is 0.335 e. The number of hydrogen-bond donors (Lipinski definition) is 2. The average molecular weight is 324 g/mol. The number of hydrogen-bond acceptors (Lipinski definition) is 4. The lowest BCUT2D eigenvalue weighted by atomic mass is 10.1. The number of anilines is 1. The van der Waals surface area contributed by atoms with Gasteiger partial charge >= 0.3 is 5.97 Å². The van der Waals surface area contributed by atoms with Crippen molar-refractivity contribution in [1.29, 1.82) is 0 Å². The Morgan fingerprint density at radius 3 is 2.75 bits per heavy atom. The van der Waals surface area contributed by atoms with Crippen LogP contribution in [0.5, 0.6) is 0 Å². The van der Waals surface area contributed by atoms with Gasteiger partial charge in [-0.2, -0.15) is 0 Å². The molecule has 3 aromatic rings. The van der Waals surface area contributed by atoms with E-state index in [1.165, 1.54) is 12.1 Å². The molecule has 1 aromatic heterocycles. The average Bonchev–Trinajstić information content (AvgIpc) is 2.90. The molecule has 6 nitrogen and oxygen atoms in total. The highest BCUT2D eigenvalue weighted by atomic mass is 16.5. The summed E-state index contributed by atoms with van der Waals surface area (Å²) in [6, 6.07) is 10.0. The van der Waals surface area contributed by atoms with Crippen LogP contribution >= 0.6 is 0 Å². The molecule has 0 fully saturated rings. The Hall–Kier alpha value is -3.15. The van der Waals surface area contributed by atoms with Gasteiger partial charge in [0.25, 0.3) is 0 Å². The number of benzene rings is 2. The van der Waals surface area contributed by atoms with E-state index in [1.54, 1.807) is 12.1 Å². The maximum absolute atomic E-state index is 12.2. The van der Waals surface area contributed by atoms with Gasteiger partial charge in [0.2, 0.25) is 5.91 Å². The predicted molar refractivity (Wildman–Crippen MR) is 89.2 cm³/mol. The summed E-state index contributed by atoms with van der Waals surface area (Å²) in [4.78, 5) is 23.2. The molecular formula is C18H16N2O4. The van der Waals surface area contributed by atoms with Gasteiger partial charge in [-0.1, -0.05) is 17.3 Å². The SMILES string of the molecule is Cc1cc(C)c2onc(CC(=O)Nc3cccc(C(=O)O)c3)c2c1. The Bertz CT molecular complexity index is 943. The summed E-state index contributed by atoms with van der Waals surface area (Å²) in [6.45, 7) is 3.91. The first kappa shape index (κ1) is 15.7. The van der Waals surface area contributed by atoms with Crippen LogP contribution in [0.3, 0.4) is 0 Å². The van der Waals surface area contributed by atoms with Crippen molar-refractivity contribution in [2.45, 2.75) is 20.3 Å². The van der Waals surface area contributed by atoms with Gasteiger partial charge in [0.15, 0.2) is 5.58 Å². The Labute approximate surface area is 138 Å². The lowest BCUT2D eigenvalue weighted by molar-refractivity contribution is -0.115. The van der Waals surface area contributed by atoms with E-state index < -0.39 is 5.97 Å². The molecule has 3 rings (SSSR count). The van der Waals surface area contributed by atoms with Crippen LogP contribution in [0.25, 0.3) is 11.0 Å². The summed E-state index contributed by atoms with van der Waals surface area (Å²) in [5.41, 5.74) is 3.82. The maximum atomic E-state index is 12.2. The van der Waals surface area contributed by atoms with Gasteiger partial charge in [-0.05, 0) is 49.2 Å². The minimum Gasteiger partial charge on any atom is -0.478 e. The standard InChI is InChI=1S/C18H16N2O4/c1-10-6-11(2)17-14(7-10)15(20-24-17)9-16(21)19-13-5-3-4-12(8-13)18(22)23/h3-8H,9H2,1-2H3,(H,19,21)(H,22,23). The Kier molecular flexibility index (Phi) is 4.04. The first-order valence-corrected chi connectivity index (χ1v) is 7.43. The molecule has 0 aliphatic rings. The summed E-state index contributed by atoms with van der Waals surface area (Å²) >= 11 is 0. The van der Waals surface area contributed by atoms with Crippen LogP contribution in [0.2, 0.25) is 0 Å². The second kappa shape index (κ2) is 6.16. The van der Waals surface area contributed by atoms with Crippen LogP contribution in [0.1, 0.15) is 27.2 Å². The third kappa shape index (κ3) is 3.12. The number of amides is 1. The molecule has 0 atom stereocenters. The third-order valence-electron chi connectivity index (χ3n) is 3.70. The van der Waals surface area contributed by atoms with Gasteiger partial charge in [-0.15, -0.1) is 0 Å². The Morgan fingerprint density at radius 2 is 2.00 bits per heavy atom. The number of fused-ring (bicyclic) bond motifs is 1. The van der Waals surface area contributed by atoms with Crippen molar-refractivity contribution in [2.24, 2.45) is 0 Å². The number of nitrogens with one attached hydrogen (secondary N) is 1. The number of nitrogens with zero attached hydrogens (tertiary/aromatic N) is 1. The van der Waals surface area contributed by atoms with Gasteiger partial charge < -0.3 is 14.9 Å². The number of aryl methyl sites for hydroxylation is 2. The molecule has 1 amide bonds. The second-order valence-corrected chi connectivity index (χ2v) is 5.70. The lowest BCUT2D eigenvalue weighted by Crippen LogP contribution is -2.15. The molecule has 0 saturated heterocycles. The molecule has 0 aliphatic carbocycles. The summed E-state index contributed by atoms with van der Waals surface area (Å²) in [6.07, 6.45) is 0.0488. The van der Waals surface area contributed by atoms with E-state index in [-0.39, 0.29) is 17.9 Å². The van der Waals surface area contributed by atoms with E-state index in [0.29, 0.717) is 17.0 Å². The molecule has 6 heteroatoms. The number of rotatable bonds is 4. The molecule has 0 unspecified atom stereocenters. The molecular weight excluding hydrogens is 308 g/mol. The van der Waals surface area contributed by atoms with E-state index >= 15 is 0 Å². The van der Waals surface area contributed by atoms with Crippen molar-refractivity contribution in [3.05, 3.63) is 58.8 Å². The molecule has 122 valence electrons. The fourth-order valence-electron chi connectivity index (χ4n) is 2.65. The van der Waals surface area contributed by atoms with Gasteiger partial charge in [-0.25, -0.2) is 4.79 Å². The van der Waals surface area contributed by atoms with Crippen LogP contribution in [-0.4, -0.2) is 22.1 Å². The number of carbonyl (C=O) groups excluding carboxylic acids is 1. The van der Waals surface area contributed by atoms with Crippen LogP contribution in [0, 0.1) is 13.8 Å². The first-order valence-electron chi connectivity index (χ1n) is 7.43. The predicted octanol–water partition coefficient (Wildman–Crippen LogP) is 3.32. The normalized spacial score (nSPS) is 10.8. The molecule has 0 spiro atoms. The second-order valence-electron chi connectivity index (χ2n) is 5.70. The minimum atomic E-state index is -1.04. The highest BCUT2D eigenvalue weighted by molar-refractivity contribution is 5.96. The highest BCUT2D eigenvalue weighted by Crippen LogP contribution is 2.24. The zero-order chi connectivity index (χ0) is 17.3. The van der Waals surface area contributed by atoms with Gasteiger partial charge in [0.05, 0.1) is 12.0 Å². The van der Waals surface area contributed by atoms with Crippen molar-refractivity contribution < 1.29 is 19.2 Å². The molecule has 0 aliphatic heterocycles. The van der Waals surface area contributed by atoms with Crippen molar-refractivity contribution in [1.82, 2.24) is 5.16 Å². The van der Waals surface area contributed by atoms with Crippen LogP contribution in [0.15, 0.2) is 40.9 Å². The van der Waals surface area contributed by atoms with Gasteiger partial charge in [0, 0.05) is 11.1 Å². The van der Waals surface area contributed by atoms with E-state index in [0.717, 1.165) is 16.5 Å². The number of aromatic nitrogens is 1. The fourth-order valence-corrected chi connectivity index (χ4v) is 2.65. The molecule has 2 aromatic carbocycles. The molecule has 0 saturated carbocycles. The topological polar surface area (TPSA) is 92.4 Å². The van der Waals surface area contributed by atoms with Gasteiger partial charge in [0.1, 0.15) is 5.69 Å². The Balaban J connectivity index is 1.80. The monoisotopic (exact) mass is 324 g/mol. The van der Waals surface area contributed by atoms with Crippen molar-refractivity contribution in [2.75, 3.05) is 5.32 Å². The molecule has 24 heavy (non-hydrogen) atoms. The zero-order valence-electron chi connectivity index (χ0n) is 13.3. The number of carboxylic acids is 1. The van der Waals surface area contributed by atoms with Gasteiger partial charge in [-0.3, -0.25) is 4.79 Å². The van der Waals surface area contributed by atoms with Crippen molar-refractivity contribution in [3.63, 3.8) is 0 Å². The highest BCUT2D eigenvalue weighted by Gasteiger charge is 2.15. The zero-order valence-corrected chi connectivity index (χ0v) is 13.3. The minimum absolute atomic E-state index is 0.0488. The first-order chi connectivity index (χ1) is 11.4. The third-order valence-corrected chi connectivity index (χ3v) is 3.70. The van der Waals surface area contributed by atoms with Crippen LogP contribution in [-0.2, 0) is 11.2 Å². The quantitative estimate of drug-likeness (QED) is 0.768. The van der Waals surface area contributed by atoms with Crippen molar-refractivity contribution >= 4 is 28.5 Å². The Morgan fingerprint density at radius 1 is 1.21 bits per heavy atom. The summed E-state index contributed by atoms with van der Waals surface area (Å²) in [7, 11) is 0. The lowest BCUT2D eigenvalue weighted by Gasteiger charge is -2.05.